The molecule has 192 valence electrons. The maximum Gasteiger partial charge on any atom is 0.247 e. The van der Waals surface area contributed by atoms with Gasteiger partial charge in [-0.2, -0.15) is 0 Å². The molecule has 0 spiro atoms. The Morgan fingerprint density at radius 3 is 2.89 bits per heavy atom. The molecule has 0 saturated carbocycles. The molecule has 0 bridgehead atoms. The molecule has 3 heterocycles. The number of nitrogens with one attached hydrogen (secondary N) is 1. The van der Waals surface area contributed by atoms with E-state index in [2.05, 4.69) is 15.6 Å². The Kier molecular flexibility index (Phi) is 7.76. The molecule has 10 heteroatoms. The number of benzene rings is 2. The molecule has 2 aromatic heterocycles. The molecule has 0 radical (unpaired) electrons. The highest BCUT2D eigenvalue weighted by Crippen LogP contribution is 2.28. The minimum atomic E-state index is -0.874. The zero-order valence-corrected chi connectivity index (χ0v) is 21.4. The van der Waals surface area contributed by atoms with Crippen molar-refractivity contribution in [2.45, 2.75) is 38.1 Å². The summed E-state index contributed by atoms with van der Waals surface area (Å²) < 4.78 is 12.7. The highest BCUT2D eigenvalue weighted by molar-refractivity contribution is 7.09. The Hall–Kier alpha value is -3.76. The number of ether oxygens (including phenoxy) is 2. The van der Waals surface area contributed by atoms with Crippen LogP contribution in [0.5, 0.6) is 5.75 Å². The molecule has 2 unspecified atom stereocenters. The summed E-state index contributed by atoms with van der Waals surface area (Å²) in [6.45, 7) is 1.33. The first-order valence-corrected chi connectivity index (χ1v) is 13.1. The fourth-order valence-electron chi connectivity index (χ4n) is 4.55. The number of hydrogen-bond acceptors (Lipinski definition) is 7. The van der Waals surface area contributed by atoms with Crippen LogP contribution in [0, 0.1) is 0 Å². The van der Waals surface area contributed by atoms with E-state index in [4.69, 9.17) is 9.47 Å². The summed E-state index contributed by atoms with van der Waals surface area (Å²) in [6.07, 6.45) is 1.87. The van der Waals surface area contributed by atoms with Crippen molar-refractivity contribution in [3.05, 3.63) is 76.5 Å². The number of methoxy groups -OCH3 is 1. The third-order valence-electron chi connectivity index (χ3n) is 6.43. The monoisotopic (exact) mass is 519 g/mol. The standard InChI is InChI=1S/C27H29N5O4S/c1-35-20-8-4-7-19(15-20)26(27(34)28-16-21-9-5-13-36-21)31(17-22-10-6-14-37-22)25(33)18-32-24-12-3-2-11-23(24)29-30-32/h2-4,6-8,10-12,14-15,21,26H,5,9,13,16-18H2,1H3,(H,28,34). The van der Waals surface area contributed by atoms with Crippen LogP contribution in [0.25, 0.3) is 11.0 Å². The summed E-state index contributed by atoms with van der Waals surface area (Å²) in [4.78, 5) is 30.3. The zero-order chi connectivity index (χ0) is 25.6. The van der Waals surface area contributed by atoms with E-state index in [1.165, 1.54) is 11.3 Å². The molecule has 1 fully saturated rings. The number of hydrogen-bond donors (Lipinski definition) is 1. The van der Waals surface area contributed by atoms with E-state index < -0.39 is 6.04 Å². The fraction of sp³-hybridized carbons (Fsp3) is 0.333. The van der Waals surface area contributed by atoms with Crippen molar-refractivity contribution < 1.29 is 19.1 Å². The van der Waals surface area contributed by atoms with Crippen molar-refractivity contribution in [1.29, 1.82) is 0 Å². The first-order valence-electron chi connectivity index (χ1n) is 12.3. The lowest BCUT2D eigenvalue weighted by Gasteiger charge is -2.31. The Morgan fingerprint density at radius 2 is 2.11 bits per heavy atom. The first-order chi connectivity index (χ1) is 18.1. The number of aromatic nitrogens is 3. The van der Waals surface area contributed by atoms with Crippen molar-refractivity contribution in [2.24, 2.45) is 0 Å². The number of nitrogens with zero attached hydrogens (tertiary/aromatic N) is 4. The first kappa shape index (κ1) is 24.9. The molecule has 1 N–H and O–H groups in total. The van der Waals surface area contributed by atoms with E-state index >= 15 is 0 Å². The van der Waals surface area contributed by atoms with Gasteiger partial charge in [0.1, 0.15) is 23.9 Å². The average Bonchev–Trinajstić information content (AvgIpc) is 3.70. The van der Waals surface area contributed by atoms with Gasteiger partial charge in [-0.05, 0) is 54.1 Å². The topological polar surface area (TPSA) is 98.6 Å². The van der Waals surface area contributed by atoms with E-state index in [1.54, 1.807) is 22.8 Å². The number of rotatable bonds is 10. The van der Waals surface area contributed by atoms with Crippen LogP contribution in [0.15, 0.2) is 66.0 Å². The summed E-state index contributed by atoms with van der Waals surface area (Å²) in [6, 6.07) is 17.8. The van der Waals surface area contributed by atoms with Crippen molar-refractivity contribution in [3.63, 3.8) is 0 Å². The molecule has 2 amide bonds. The lowest BCUT2D eigenvalue weighted by Crippen LogP contribution is -2.46. The van der Waals surface area contributed by atoms with Crippen molar-refractivity contribution in [3.8, 4) is 5.75 Å². The zero-order valence-electron chi connectivity index (χ0n) is 20.6. The summed E-state index contributed by atoms with van der Waals surface area (Å²) in [5, 5.41) is 13.4. The minimum absolute atomic E-state index is 0.0159. The molecule has 4 aromatic rings. The molecule has 1 saturated heterocycles. The Balaban J connectivity index is 1.49. The van der Waals surface area contributed by atoms with Crippen LogP contribution in [0.4, 0.5) is 0 Å². The van der Waals surface area contributed by atoms with E-state index in [1.807, 2.05) is 60.0 Å². The van der Waals surface area contributed by atoms with Crippen molar-refractivity contribution >= 4 is 34.2 Å². The van der Waals surface area contributed by atoms with Crippen LogP contribution >= 0.6 is 11.3 Å². The Morgan fingerprint density at radius 1 is 1.22 bits per heavy atom. The van der Waals surface area contributed by atoms with Crippen LogP contribution in [-0.2, 0) is 27.4 Å². The lowest BCUT2D eigenvalue weighted by molar-refractivity contribution is -0.142. The molecule has 1 aliphatic heterocycles. The third-order valence-corrected chi connectivity index (χ3v) is 7.29. The normalized spacial score (nSPS) is 16.0. The highest BCUT2D eigenvalue weighted by atomic mass is 32.1. The van der Waals surface area contributed by atoms with Gasteiger partial charge < -0.3 is 19.7 Å². The molecule has 0 aliphatic carbocycles. The van der Waals surface area contributed by atoms with Gasteiger partial charge in [-0.1, -0.05) is 35.5 Å². The highest BCUT2D eigenvalue weighted by Gasteiger charge is 2.33. The second kappa shape index (κ2) is 11.5. The van der Waals surface area contributed by atoms with Gasteiger partial charge in [-0.15, -0.1) is 16.4 Å². The van der Waals surface area contributed by atoms with E-state index in [0.717, 1.165) is 23.2 Å². The van der Waals surface area contributed by atoms with Gasteiger partial charge in [0.15, 0.2) is 0 Å². The molecule has 2 atom stereocenters. The number of carbonyl (C=O) groups excluding carboxylic acids is 2. The number of thiophene rings is 1. The van der Waals surface area contributed by atoms with Gasteiger partial charge in [-0.25, -0.2) is 4.68 Å². The van der Waals surface area contributed by atoms with Gasteiger partial charge in [0.25, 0.3) is 0 Å². The number of amides is 2. The fourth-order valence-corrected chi connectivity index (χ4v) is 5.25. The van der Waals surface area contributed by atoms with E-state index in [-0.39, 0.29) is 31.0 Å². The quantitative estimate of drug-likeness (QED) is 0.344. The Labute approximate surface area is 219 Å². The molecular weight excluding hydrogens is 490 g/mol. The molecule has 9 nitrogen and oxygen atoms in total. The molecule has 1 aliphatic rings. The summed E-state index contributed by atoms with van der Waals surface area (Å²) >= 11 is 1.54. The van der Waals surface area contributed by atoms with E-state index in [0.29, 0.717) is 30.0 Å². The second-order valence-electron chi connectivity index (χ2n) is 8.90. The SMILES string of the molecule is COc1cccc(C(C(=O)NCC2CCCO2)N(Cc2cccs2)C(=O)Cn2nnc3ccccc32)c1. The summed E-state index contributed by atoms with van der Waals surface area (Å²) in [5.41, 5.74) is 2.13. The predicted octanol–water partition coefficient (Wildman–Crippen LogP) is 3.57. The van der Waals surface area contributed by atoms with Gasteiger partial charge in [0, 0.05) is 18.0 Å². The molecule has 2 aromatic carbocycles. The summed E-state index contributed by atoms with van der Waals surface area (Å²) in [7, 11) is 1.58. The molecule has 37 heavy (non-hydrogen) atoms. The van der Waals surface area contributed by atoms with Crippen LogP contribution in [0.1, 0.15) is 29.3 Å². The maximum absolute atomic E-state index is 13.9. The lowest BCUT2D eigenvalue weighted by atomic mass is 10.0. The van der Waals surface area contributed by atoms with Crippen molar-refractivity contribution in [1.82, 2.24) is 25.2 Å². The second-order valence-corrected chi connectivity index (χ2v) is 9.93. The Bertz CT molecular complexity index is 1350. The van der Waals surface area contributed by atoms with Gasteiger partial charge in [0.05, 0.1) is 25.3 Å². The summed E-state index contributed by atoms with van der Waals surface area (Å²) in [5.74, 6) is 0.0986. The third kappa shape index (κ3) is 5.81. The van der Waals surface area contributed by atoms with Gasteiger partial charge >= 0.3 is 0 Å². The molecular formula is C27H29N5O4S. The van der Waals surface area contributed by atoms with Crippen LogP contribution in [0.2, 0.25) is 0 Å². The maximum atomic E-state index is 13.9. The largest absolute Gasteiger partial charge is 0.497 e. The van der Waals surface area contributed by atoms with Crippen LogP contribution < -0.4 is 10.1 Å². The number of fused-ring (bicyclic) bond motifs is 1. The van der Waals surface area contributed by atoms with E-state index in [9.17, 15) is 9.59 Å². The van der Waals surface area contributed by atoms with Crippen molar-refractivity contribution in [2.75, 3.05) is 20.3 Å². The number of para-hydroxylation sites is 1. The predicted molar refractivity (Wildman–Crippen MR) is 140 cm³/mol. The smallest absolute Gasteiger partial charge is 0.247 e. The average molecular weight is 520 g/mol. The number of carbonyl (C=O) groups is 2. The van der Waals surface area contributed by atoms with Crippen LogP contribution in [-0.4, -0.2) is 58.1 Å². The van der Waals surface area contributed by atoms with Crippen LogP contribution in [0.3, 0.4) is 0 Å². The minimum Gasteiger partial charge on any atom is -0.497 e. The molecule has 5 rings (SSSR count). The van der Waals surface area contributed by atoms with Gasteiger partial charge in [-0.3, -0.25) is 9.59 Å². The van der Waals surface area contributed by atoms with Gasteiger partial charge in [0.2, 0.25) is 11.8 Å².